The highest BCUT2D eigenvalue weighted by Gasteiger charge is 2.14. The van der Waals surface area contributed by atoms with Gasteiger partial charge in [-0.2, -0.15) is 0 Å². The van der Waals surface area contributed by atoms with Gasteiger partial charge in [0, 0.05) is 29.6 Å². The predicted octanol–water partition coefficient (Wildman–Crippen LogP) is 3.12. The molecule has 1 atom stereocenters. The third-order valence-corrected chi connectivity index (χ3v) is 3.30. The van der Waals surface area contributed by atoms with Crippen LogP contribution >= 0.6 is 0 Å². The lowest BCUT2D eigenvalue weighted by atomic mass is 10.1. The van der Waals surface area contributed by atoms with Crippen LogP contribution in [0, 0.1) is 0 Å². The van der Waals surface area contributed by atoms with Crippen LogP contribution in [0.5, 0.6) is 0 Å². The van der Waals surface area contributed by atoms with Gasteiger partial charge in [-0.05, 0) is 25.1 Å². The van der Waals surface area contributed by atoms with E-state index in [1.165, 1.54) is 0 Å². The Morgan fingerprint density at radius 1 is 1.30 bits per heavy atom. The van der Waals surface area contributed by atoms with Gasteiger partial charge in [-0.1, -0.05) is 18.2 Å². The number of carbonyl (C=O) groups is 1. The lowest BCUT2D eigenvalue weighted by molar-refractivity contribution is 0.0941. The number of amides is 1. The van der Waals surface area contributed by atoms with Crippen LogP contribution in [0.25, 0.3) is 10.9 Å². The van der Waals surface area contributed by atoms with Gasteiger partial charge in [0.25, 0.3) is 5.91 Å². The fourth-order valence-electron chi connectivity index (χ4n) is 2.34. The van der Waals surface area contributed by atoms with Gasteiger partial charge in [0.15, 0.2) is 0 Å². The molecule has 0 aliphatic rings. The summed E-state index contributed by atoms with van der Waals surface area (Å²) in [4.78, 5) is 15.4. The van der Waals surface area contributed by atoms with Gasteiger partial charge in [0.1, 0.15) is 5.76 Å². The summed E-state index contributed by atoms with van der Waals surface area (Å²) in [5, 5.41) is 3.93. The van der Waals surface area contributed by atoms with E-state index >= 15 is 0 Å². The van der Waals surface area contributed by atoms with Gasteiger partial charge in [0.05, 0.1) is 11.8 Å². The molecule has 1 amide bonds. The Hall–Kier alpha value is -2.49. The van der Waals surface area contributed by atoms with Crippen molar-refractivity contribution >= 4 is 16.8 Å². The standard InChI is InChI=1S/C16H16N2O2/c1-11(9-12-5-4-8-20-12)18-16(19)14-10-17-15-7-3-2-6-13(14)15/h2-8,10-11,17H,9H2,1H3,(H,18,19). The minimum atomic E-state index is -0.0680. The van der Waals surface area contributed by atoms with Crippen LogP contribution < -0.4 is 5.32 Å². The van der Waals surface area contributed by atoms with E-state index in [0.29, 0.717) is 12.0 Å². The molecule has 102 valence electrons. The number of furan rings is 1. The maximum atomic E-state index is 12.3. The summed E-state index contributed by atoms with van der Waals surface area (Å²) in [6.45, 7) is 1.97. The second-order valence-electron chi connectivity index (χ2n) is 4.91. The fraction of sp³-hybridized carbons (Fsp3) is 0.188. The van der Waals surface area contributed by atoms with Gasteiger partial charge in [-0.15, -0.1) is 0 Å². The highest BCUT2D eigenvalue weighted by atomic mass is 16.3. The Morgan fingerprint density at radius 2 is 2.15 bits per heavy atom. The number of aromatic nitrogens is 1. The van der Waals surface area contributed by atoms with E-state index in [0.717, 1.165) is 16.7 Å². The maximum Gasteiger partial charge on any atom is 0.253 e. The molecule has 1 aromatic carbocycles. The number of aromatic amines is 1. The van der Waals surface area contributed by atoms with E-state index in [1.807, 2.05) is 43.3 Å². The number of fused-ring (bicyclic) bond motifs is 1. The van der Waals surface area contributed by atoms with Crippen molar-refractivity contribution in [2.75, 3.05) is 0 Å². The maximum absolute atomic E-state index is 12.3. The predicted molar refractivity (Wildman–Crippen MR) is 77.6 cm³/mol. The van der Waals surface area contributed by atoms with Crippen molar-refractivity contribution < 1.29 is 9.21 Å². The third-order valence-electron chi connectivity index (χ3n) is 3.30. The molecule has 3 rings (SSSR count). The van der Waals surface area contributed by atoms with Crippen LogP contribution in [0.3, 0.4) is 0 Å². The molecule has 2 N–H and O–H groups in total. The summed E-state index contributed by atoms with van der Waals surface area (Å²) in [7, 11) is 0. The molecule has 0 radical (unpaired) electrons. The lowest BCUT2D eigenvalue weighted by Gasteiger charge is -2.12. The molecule has 0 aliphatic heterocycles. The zero-order valence-electron chi connectivity index (χ0n) is 11.2. The van der Waals surface area contributed by atoms with Gasteiger partial charge >= 0.3 is 0 Å². The normalized spacial score (nSPS) is 12.4. The van der Waals surface area contributed by atoms with Crippen LogP contribution in [0.15, 0.2) is 53.3 Å². The molecule has 0 bridgehead atoms. The van der Waals surface area contributed by atoms with E-state index in [9.17, 15) is 4.79 Å². The molecule has 1 unspecified atom stereocenters. The molecular formula is C16H16N2O2. The van der Waals surface area contributed by atoms with Crippen LogP contribution in [-0.2, 0) is 6.42 Å². The molecule has 4 nitrogen and oxygen atoms in total. The van der Waals surface area contributed by atoms with Gasteiger partial charge in [-0.25, -0.2) is 0 Å². The molecule has 4 heteroatoms. The lowest BCUT2D eigenvalue weighted by Crippen LogP contribution is -2.33. The number of para-hydroxylation sites is 1. The first-order valence-corrected chi connectivity index (χ1v) is 6.63. The summed E-state index contributed by atoms with van der Waals surface area (Å²) >= 11 is 0. The SMILES string of the molecule is CC(Cc1ccco1)NC(=O)c1c[nH]c2ccccc12. The van der Waals surface area contributed by atoms with Crippen molar-refractivity contribution in [1.29, 1.82) is 0 Å². The first-order chi connectivity index (χ1) is 9.74. The summed E-state index contributed by atoms with van der Waals surface area (Å²) < 4.78 is 5.29. The number of hydrogen-bond acceptors (Lipinski definition) is 2. The highest BCUT2D eigenvalue weighted by molar-refractivity contribution is 6.06. The van der Waals surface area contributed by atoms with Crippen LogP contribution in [0.2, 0.25) is 0 Å². The van der Waals surface area contributed by atoms with Crippen LogP contribution in [0.4, 0.5) is 0 Å². The first kappa shape index (κ1) is 12.5. The highest BCUT2D eigenvalue weighted by Crippen LogP contribution is 2.17. The molecule has 0 spiro atoms. The molecule has 20 heavy (non-hydrogen) atoms. The van der Waals surface area contributed by atoms with Crippen LogP contribution in [0.1, 0.15) is 23.0 Å². The molecule has 0 saturated carbocycles. The number of nitrogens with one attached hydrogen (secondary N) is 2. The summed E-state index contributed by atoms with van der Waals surface area (Å²) in [6.07, 6.45) is 4.07. The second-order valence-corrected chi connectivity index (χ2v) is 4.91. The van der Waals surface area contributed by atoms with E-state index in [1.54, 1.807) is 12.5 Å². The van der Waals surface area contributed by atoms with E-state index in [2.05, 4.69) is 10.3 Å². The largest absolute Gasteiger partial charge is 0.469 e. The fourth-order valence-corrected chi connectivity index (χ4v) is 2.34. The Balaban J connectivity index is 1.73. The molecule has 0 aliphatic carbocycles. The van der Waals surface area contributed by atoms with Gasteiger partial charge in [-0.3, -0.25) is 4.79 Å². The third kappa shape index (κ3) is 2.45. The molecule has 2 heterocycles. The Bertz CT molecular complexity index is 713. The second kappa shape index (κ2) is 5.25. The molecule has 0 saturated heterocycles. The van der Waals surface area contributed by atoms with Crippen molar-refractivity contribution in [3.63, 3.8) is 0 Å². The topological polar surface area (TPSA) is 58.0 Å². The summed E-state index contributed by atoms with van der Waals surface area (Å²) in [5.41, 5.74) is 1.64. The van der Waals surface area contributed by atoms with Crippen molar-refractivity contribution in [3.05, 3.63) is 60.2 Å². The minimum Gasteiger partial charge on any atom is -0.469 e. The number of hydrogen-bond donors (Lipinski definition) is 2. The van der Waals surface area contributed by atoms with E-state index < -0.39 is 0 Å². The number of rotatable bonds is 4. The van der Waals surface area contributed by atoms with Crippen molar-refractivity contribution in [1.82, 2.24) is 10.3 Å². The Morgan fingerprint density at radius 3 is 2.95 bits per heavy atom. The van der Waals surface area contributed by atoms with E-state index in [4.69, 9.17) is 4.42 Å². The molecule has 0 fully saturated rings. The summed E-state index contributed by atoms with van der Waals surface area (Å²) in [5.74, 6) is 0.804. The van der Waals surface area contributed by atoms with Crippen molar-refractivity contribution in [2.45, 2.75) is 19.4 Å². The van der Waals surface area contributed by atoms with Crippen LogP contribution in [-0.4, -0.2) is 16.9 Å². The Labute approximate surface area is 116 Å². The summed E-state index contributed by atoms with van der Waals surface area (Å²) in [6, 6.07) is 11.6. The first-order valence-electron chi connectivity index (χ1n) is 6.63. The number of carbonyl (C=O) groups excluding carboxylic acids is 1. The average molecular weight is 268 g/mol. The minimum absolute atomic E-state index is 0.0160. The number of benzene rings is 1. The Kier molecular flexibility index (Phi) is 3.29. The zero-order chi connectivity index (χ0) is 13.9. The quantitative estimate of drug-likeness (QED) is 0.763. The smallest absolute Gasteiger partial charge is 0.253 e. The molecule has 3 aromatic rings. The monoisotopic (exact) mass is 268 g/mol. The van der Waals surface area contributed by atoms with Gasteiger partial charge in [0.2, 0.25) is 0 Å². The van der Waals surface area contributed by atoms with Crippen molar-refractivity contribution in [3.8, 4) is 0 Å². The zero-order valence-corrected chi connectivity index (χ0v) is 11.2. The van der Waals surface area contributed by atoms with Crippen molar-refractivity contribution in [2.24, 2.45) is 0 Å². The van der Waals surface area contributed by atoms with Gasteiger partial charge < -0.3 is 14.7 Å². The molecular weight excluding hydrogens is 252 g/mol. The van der Waals surface area contributed by atoms with E-state index in [-0.39, 0.29) is 11.9 Å². The average Bonchev–Trinajstić information content (AvgIpc) is 3.07. The molecule has 2 aromatic heterocycles. The number of H-pyrrole nitrogens is 1.